The van der Waals surface area contributed by atoms with Crippen LogP contribution in [0.4, 0.5) is 11.4 Å². The number of anilines is 1. The Morgan fingerprint density at radius 3 is 2.44 bits per heavy atom. The van der Waals surface area contributed by atoms with Crippen LogP contribution in [0.25, 0.3) is 0 Å². The summed E-state index contributed by atoms with van der Waals surface area (Å²) < 4.78 is 5.06. The Kier molecular flexibility index (Phi) is 5.80. The molecule has 8 heteroatoms. The van der Waals surface area contributed by atoms with E-state index in [9.17, 15) is 19.7 Å². The lowest BCUT2D eigenvalue weighted by Crippen LogP contribution is -2.30. The summed E-state index contributed by atoms with van der Waals surface area (Å²) in [5.41, 5.74) is 0.628. The normalized spacial score (nSPS) is 11.4. The minimum Gasteiger partial charge on any atom is -0.449 e. The fourth-order valence-corrected chi connectivity index (χ4v) is 2.00. The molecule has 1 amide bonds. The summed E-state index contributed by atoms with van der Waals surface area (Å²) in [6.45, 7) is 1.22. The molecule has 0 saturated heterocycles. The first-order valence-corrected chi connectivity index (χ1v) is 7.37. The molecule has 2 N–H and O–H groups in total. The number of aliphatic hydroxyl groups excluding tert-OH is 1. The van der Waals surface area contributed by atoms with Crippen molar-refractivity contribution in [3.63, 3.8) is 0 Å². The Bertz CT molecular complexity index is 788. The van der Waals surface area contributed by atoms with Crippen LogP contribution in [0.15, 0.2) is 48.5 Å². The highest BCUT2D eigenvalue weighted by atomic mass is 16.6. The highest BCUT2D eigenvalue weighted by Gasteiger charge is 2.22. The molecule has 2 aromatic rings. The number of esters is 1. The molecule has 130 valence electrons. The third-order valence-electron chi connectivity index (χ3n) is 3.38. The molecule has 0 aliphatic heterocycles. The van der Waals surface area contributed by atoms with E-state index in [-0.39, 0.29) is 23.5 Å². The zero-order valence-corrected chi connectivity index (χ0v) is 13.3. The molecule has 0 unspecified atom stereocenters. The van der Waals surface area contributed by atoms with Crippen LogP contribution in [0, 0.1) is 10.1 Å². The van der Waals surface area contributed by atoms with Gasteiger partial charge in [0, 0.05) is 6.07 Å². The molecule has 0 heterocycles. The second kappa shape index (κ2) is 8.02. The summed E-state index contributed by atoms with van der Waals surface area (Å²) in [6, 6.07) is 11.7. The van der Waals surface area contributed by atoms with Crippen LogP contribution in [0.1, 0.15) is 22.8 Å². The standard InChI is InChI=1S/C17H16N2O6/c1-11(25-17(22)13-8-6-12(10-20)7-9-13)16(21)18-14-4-2-3-5-15(14)19(23)24/h2-9,11,20H,10H2,1H3,(H,18,21)/t11-/m1/s1. The molecule has 2 rings (SSSR count). The van der Waals surface area contributed by atoms with Gasteiger partial charge in [0.05, 0.1) is 17.1 Å². The fraction of sp³-hybridized carbons (Fsp3) is 0.176. The highest BCUT2D eigenvalue weighted by Crippen LogP contribution is 2.23. The molecular weight excluding hydrogens is 328 g/mol. The van der Waals surface area contributed by atoms with Crippen molar-refractivity contribution < 1.29 is 24.4 Å². The van der Waals surface area contributed by atoms with Gasteiger partial charge in [-0.05, 0) is 30.7 Å². The molecule has 0 aliphatic carbocycles. The minimum atomic E-state index is -1.15. The van der Waals surface area contributed by atoms with E-state index in [1.165, 1.54) is 37.3 Å². The number of carbonyl (C=O) groups excluding carboxylic acids is 2. The number of ether oxygens (including phenoxy) is 1. The van der Waals surface area contributed by atoms with Gasteiger partial charge in [-0.2, -0.15) is 0 Å². The maximum atomic E-state index is 12.1. The van der Waals surface area contributed by atoms with Crippen LogP contribution in [0.2, 0.25) is 0 Å². The van der Waals surface area contributed by atoms with Gasteiger partial charge in [0.2, 0.25) is 0 Å². The number of benzene rings is 2. The summed E-state index contributed by atoms with van der Waals surface area (Å²) in [4.78, 5) is 34.4. The van der Waals surface area contributed by atoms with Crippen LogP contribution in [-0.4, -0.2) is 28.0 Å². The van der Waals surface area contributed by atoms with Crippen LogP contribution < -0.4 is 5.32 Å². The first-order valence-electron chi connectivity index (χ1n) is 7.37. The van der Waals surface area contributed by atoms with Crippen molar-refractivity contribution in [2.75, 3.05) is 5.32 Å². The molecule has 0 spiro atoms. The average molecular weight is 344 g/mol. The Morgan fingerprint density at radius 2 is 1.84 bits per heavy atom. The molecule has 0 aliphatic rings. The van der Waals surface area contributed by atoms with E-state index in [4.69, 9.17) is 9.84 Å². The van der Waals surface area contributed by atoms with Crippen molar-refractivity contribution in [1.82, 2.24) is 0 Å². The van der Waals surface area contributed by atoms with Gasteiger partial charge in [-0.3, -0.25) is 14.9 Å². The topological polar surface area (TPSA) is 119 Å². The fourth-order valence-electron chi connectivity index (χ4n) is 2.00. The number of amides is 1. The number of para-hydroxylation sites is 2. The number of nitrogens with one attached hydrogen (secondary N) is 1. The SMILES string of the molecule is C[C@@H](OC(=O)c1ccc(CO)cc1)C(=O)Nc1ccccc1[N+](=O)[O-]. The van der Waals surface area contributed by atoms with Gasteiger partial charge in [0.25, 0.3) is 11.6 Å². The molecule has 2 aromatic carbocycles. The lowest BCUT2D eigenvalue weighted by Gasteiger charge is -2.13. The predicted octanol–water partition coefficient (Wildman–Crippen LogP) is 2.27. The molecule has 1 atom stereocenters. The van der Waals surface area contributed by atoms with Crippen molar-refractivity contribution in [3.8, 4) is 0 Å². The lowest BCUT2D eigenvalue weighted by molar-refractivity contribution is -0.383. The average Bonchev–Trinajstić information content (AvgIpc) is 2.61. The zero-order valence-electron chi connectivity index (χ0n) is 13.3. The summed E-state index contributed by atoms with van der Waals surface area (Å²) in [6.07, 6.45) is -1.15. The van der Waals surface area contributed by atoms with E-state index in [0.717, 1.165) is 0 Å². The molecule has 0 aromatic heterocycles. The Balaban J connectivity index is 2.02. The van der Waals surface area contributed by atoms with Gasteiger partial charge >= 0.3 is 5.97 Å². The number of nitro groups is 1. The maximum absolute atomic E-state index is 12.1. The van der Waals surface area contributed by atoms with E-state index in [1.54, 1.807) is 18.2 Å². The van der Waals surface area contributed by atoms with Crippen molar-refractivity contribution >= 4 is 23.3 Å². The first kappa shape index (κ1) is 18.1. The van der Waals surface area contributed by atoms with Crippen LogP contribution in [0.5, 0.6) is 0 Å². The second-order valence-corrected chi connectivity index (χ2v) is 5.17. The second-order valence-electron chi connectivity index (χ2n) is 5.17. The third kappa shape index (κ3) is 4.61. The molecule has 8 nitrogen and oxygen atoms in total. The predicted molar refractivity (Wildman–Crippen MR) is 89.0 cm³/mol. The monoisotopic (exact) mass is 344 g/mol. The molecule has 0 bridgehead atoms. The van der Waals surface area contributed by atoms with Crippen molar-refractivity contribution in [1.29, 1.82) is 0 Å². The number of nitrogens with zero attached hydrogens (tertiary/aromatic N) is 1. The van der Waals surface area contributed by atoms with Gasteiger partial charge < -0.3 is 15.2 Å². The largest absolute Gasteiger partial charge is 0.449 e. The Hall–Kier alpha value is -3.26. The van der Waals surface area contributed by atoms with Gasteiger partial charge in [0.15, 0.2) is 6.10 Å². The van der Waals surface area contributed by atoms with Crippen molar-refractivity contribution in [3.05, 3.63) is 69.8 Å². The number of aliphatic hydroxyl groups is 1. The Morgan fingerprint density at radius 1 is 1.20 bits per heavy atom. The molecule has 0 fully saturated rings. The third-order valence-corrected chi connectivity index (χ3v) is 3.38. The maximum Gasteiger partial charge on any atom is 0.338 e. The van der Waals surface area contributed by atoms with Crippen molar-refractivity contribution in [2.45, 2.75) is 19.6 Å². The number of hydrogen-bond acceptors (Lipinski definition) is 6. The summed E-state index contributed by atoms with van der Waals surface area (Å²) in [7, 11) is 0. The summed E-state index contributed by atoms with van der Waals surface area (Å²) in [5.74, 6) is -1.40. The molecule has 0 radical (unpaired) electrons. The molecule has 25 heavy (non-hydrogen) atoms. The lowest BCUT2D eigenvalue weighted by atomic mass is 10.1. The van der Waals surface area contributed by atoms with E-state index < -0.39 is 22.9 Å². The molecule has 0 saturated carbocycles. The number of carbonyl (C=O) groups is 2. The smallest absolute Gasteiger partial charge is 0.338 e. The van der Waals surface area contributed by atoms with E-state index in [1.807, 2.05) is 0 Å². The molecular formula is C17H16N2O6. The number of hydrogen-bond donors (Lipinski definition) is 2. The highest BCUT2D eigenvalue weighted by molar-refractivity contribution is 5.98. The van der Waals surface area contributed by atoms with Crippen LogP contribution in [-0.2, 0) is 16.1 Å². The number of rotatable bonds is 6. The van der Waals surface area contributed by atoms with Crippen LogP contribution in [0.3, 0.4) is 0 Å². The minimum absolute atomic E-state index is 0.0210. The van der Waals surface area contributed by atoms with Crippen molar-refractivity contribution in [2.24, 2.45) is 0 Å². The quantitative estimate of drug-likeness (QED) is 0.471. The number of nitro benzene ring substituents is 1. The zero-order chi connectivity index (χ0) is 18.4. The van der Waals surface area contributed by atoms with E-state index >= 15 is 0 Å². The summed E-state index contributed by atoms with van der Waals surface area (Å²) in [5, 5.41) is 22.3. The van der Waals surface area contributed by atoms with Gasteiger partial charge in [-0.15, -0.1) is 0 Å². The van der Waals surface area contributed by atoms with Gasteiger partial charge in [0.1, 0.15) is 5.69 Å². The Labute approximate surface area is 143 Å². The van der Waals surface area contributed by atoms with E-state index in [2.05, 4.69) is 5.32 Å². The summed E-state index contributed by atoms with van der Waals surface area (Å²) >= 11 is 0. The van der Waals surface area contributed by atoms with Gasteiger partial charge in [-0.1, -0.05) is 24.3 Å². The van der Waals surface area contributed by atoms with E-state index in [0.29, 0.717) is 5.56 Å². The first-order chi connectivity index (χ1) is 11.9. The van der Waals surface area contributed by atoms with Gasteiger partial charge in [-0.25, -0.2) is 4.79 Å². The van der Waals surface area contributed by atoms with Crippen LogP contribution >= 0.6 is 0 Å².